The van der Waals surface area contributed by atoms with Crippen molar-refractivity contribution < 1.29 is 19.2 Å². The normalized spacial score (nSPS) is 17.4. The second-order valence-electron chi connectivity index (χ2n) is 6.47. The minimum absolute atomic E-state index is 0.112. The second-order valence-corrected chi connectivity index (χ2v) is 7.67. The van der Waals surface area contributed by atoms with E-state index in [2.05, 4.69) is 20.8 Å². The van der Waals surface area contributed by atoms with Gasteiger partial charge in [0.15, 0.2) is 5.17 Å². The van der Waals surface area contributed by atoms with Gasteiger partial charge in [0.25, 0.3) is 5.69 Å². The standard InChI is InChI=1S/C20H19N5O5S/c1-12(13-6-8-16(30-2)9-7-13)23-24-20-22-19(27)17(31-20)11-18(26)21-14-4-3-5-15(10-14)25(28)29/h3-10,17H,11H2,1-2H3,(H,21,26)(H,22,24,27). The molecule has 1 aliphatic rings. The van der Waals surface area contributed by atoms with Crippen molar-refractivity contribution in [2.45, 2.75) is 18.6 Å². The lowest BCUT2D eigenvalue weighted by molar-refractivity contribution is -0.384. The smallest absolute Gasteiger partial charge is 0.271 e. The molecule has 11 heteroatoms. The Morgan fingerprint density at radius 1 is 1.29 bits per heavy atom. The van der Waals surface area contributed by atoms with E-state index in [1.165, 1.54) is 24.3 Å². The summed E-state index contributed by atoms with van der Waals surface area (Å²) in [7, 11) is 1.59. The van der Waals surface area contributed by atoms with E-state index in [9.17, 15) is 19.7 Å². The third-order valence-corrected chi connectivity index (χ3v) is 5.36. The highest BCUT2D eigenvalue weighted by Gasteiger charge is 2.32. The summed E-state index contributed by atoms with van der Waals surface area (Å²) in [5.74, 6) is -0.0599. The van der Waals surface area contributed by atoms with Crippen LogP contribution in [-0.2, 0) is 9.59 Å². The van der Waals surface area contributed by atoms with Gasteiger partial charge in [-0.15, -0.1) is 5.10 Å². The maximum Gasteiger partial charge on any atom is 0.271 e. The highest BCUT2D eigenvalue weighted by atomic mass is 32.2. The lowest BCUT2D eigenvalue weighted by Crippen LogP contribution is -2.28. The Balaban J connectivity index is 1.59. The van der Waals surface area contributed by atoms with Crippen LogP contribution in [0.3, 0.4) is 0 Å². The molecule has 0 aliphatic carbocycles. The Morgan fingerprint density at radius 2 is 2.03 bits per heavy atom. The van der Waals surface area contributed by atoms with Gasteiger partial charge in [-0.1, -0.05) is 17.8 Å². The average Bonchev–Trinajstić information content (AvgIpc) is 3.11. The van der Waals surface area contributed by atoms with E-state index in [-0.39, 0.29) is 23.7 Å². The van der Waals surface area contributed by atoms with E-state index in [1.807, 2.05) is 24.3 Å². The third kappa shape index (κ3) is 5.89. The molecule has 31 heavy (non-hydrogen) atoms. The number of methoxy groups -OCH3 is 1. The van der Waals surface area contributed by atoms with Gasteiger partial charge in [-0.2, -0.15) is 5.10 Å². The summed E-state index contributed by atoms with van der Waals surface area (Å²) < 4.78 is 5.12. The molecule has 2 N–H and O–H groups in total. The van der Waals surface area contributed by atoms with Crippen molar-refractivity contribution in [1.82, 2.24) is 5.32 Å². The number of nitro groups is 1. The molecule has 0 bridgehead atoms. The van der Waals surface area contributed by atoms with Gasteiger partial charge >= 0.3 is 0 Å². The molecule has 2 amide bonds. The number of thioether (sulfide) groups is 1. The van der Waals surface area contributed by atoms with Crippen LogP contribution < -0.4 is 15.4 Å². The first-order chi connectivity index (χ1) is 14.9. The number of carbonyl (C=O) groups is 2. The van der Waals surface area contributed by atoms with Crippen LogP contribution in [0.15, 0.2) is 58.7 Å². The Hall–Kier alpha value is -3.73. The van der Waals surface area contributed by atoms with Gasteiger partial charge < -0.3 is 15.4 Å². The molecular weight excluding hydrogens is 422 g/mol. The van der Waals surface area contributed by atoms with Crippen molar-refractivity contribution in [3.8, 4) is 5.75 Å². The van der Waals surface area contributed by atoms with Gasteiger partial charge in [0, 0.05) is 24.2 Å². The lowest BCUT2D eigenvalue weighted by atomic mass is 10.1. The van der Waals surface area contributed by atoms with Gasteiger partial charge in [-0.05, 0) is 42.8 Å². The van der Waals surface area contributed by atoms with Crippen LogP contribution in [0.1, 0.15) is 18.9 Å². The van der Waals surface area contributed by atoms with Crippen LogP contribution in [0.25, 0.3) is 0 Å². The number of carbonyl (C=O) groups excluding carboxylic acids is 2. The highest BCUT2D eigenvalue weighted by Crippen LogP contribution is 2.24. The third-order valence-electron chi connectivity index (χ3n) is 4.29. The van der Waals surface area contributed by atoms with Gasteiger partial charge in [0.2, 0.25) is 11.8 Å². The Kier molecular flexibility index (Phi) is 6.98. The molecule has 1 unspecified atom stereocenters. The van der Waals surface area contributed by atoms with E-state index in [0.29, 0.717) is 10.9 Å². The molecule has 10 nitrogen and oxygen atoms in total. The minimum Gasteiger partial charge on any atom is -0.497 e. The summed E-state index contributed by atoms with van der Waals surface area (Å²) in [5.41, 5.74) is 1.66. The molecule has 0 spiro atoms. The number of nitro benzene ring substituents is 1. The number of anilines is 1. The fourth-order valence-corrected chi connectivity index (χ4v) is 3.59. The van der Waals surface area contributed by atoms with Crippen LogP contribution in [0, 0.1) is 10.1 Å². The first-order valence-electron chi connectivity index (χ1n) is 9.14. The predicted molar refractivity (Wildman–Crippen MR) is 119 cm³/mol. The van der Waals surface area contributed by atoms with Crippen molar-refractivity contribution in [1.29, 1.82) is 0 Å². The summed E-state index contributed by atoms with van der Waals surface area (Å²) in [4.78, 5) is 34.7. The first kappa shape index (κ1) is 22.0. The zero-order valence-electron chi connectivity index (χ0n) is 16.7. The van der Waals surface area contributed by atoms with Gasteiger partial charge in [-0.3, -0.25) is 19.7 Å². The van der Waals surface area contributed by atoms with Crippen molar-refractivity contribution in [2.75, 3.05) is 12.4 Å². The number of nitrogens with zero attached hydrogens (tertiary/aromatic N) is 3. The Morgan fingerprint density at radius 3 is 2.71 bits per heavy atom. The summed E-state index contributed by atoms with van der Waals surface area (Å²) in [6.45, 7) is 1.79. The number of nitrogens with one attached hydrogen (secondary N) is 2. The van der Waals surface area contributed by atoms with E-state index in [0.717, 1.165) is 23.1 Å². The topological polar surface area (TPSA) is 135 Å². The summed E-state index contributed by atoms with van der Waals surface area (Å²) in [6.07, 6.45) is -0.112. The number of ether oxygens (including phenoxy) is 1. The second kappa shape index (κ2) is 9.85. The molecule has 1 aliphatic heterocycles. The van der Waals surface area contributed by atoms with Crippen LogP contribution in [0.4, 0.5) is 11.4 Å². The quantitative estimate of drug-likeness (QED) is 0.385. The number of hydrogen-bond acceptors (Lipinski definition) is 8. The maximum atomic E-state index is 12.3. The Bertz CT molecular complexity index is 1070. The zero-order valence-corrected chi connectivity index (χ0v) is 17.5. The van der Waals surface area contributed by atoms with Crippen molar-refractivity contribution >= 4 is 45.8 Å². The SMILES string of the molecule is COc1ccc(C(C)=N/N=C2\NC(=O)C(CC(=O)Nc3cccc([N+](=O)[O-])c3)S2)cc1. The van der Waals surface area contributed by atoms with Crippen LogP contribution in [-0.4, -0.2) is 40.0 Å². The van der Waals surface area contributed by atoms with E-state index in [1.54, 1.807) is 14.0 Å². The molecule has 1 saturated heterocycles. The predicted octanol–water partition coefficient (Wildman–Crippen LogP) is 2.94. The Labute approximate surface area is 181 Å². The average molecular weight is 441 g/mol. The monoisotopic (exact) mass is 441 g/mol. The van der Waals surface area contributed by atoms with Crippen LogP contribution >= 0.6 is 11.8 Å². The summed E-state index contributed by atoms with van der Waals surface area (Å²) in [5, 5.41) is 23.8. The minimum atomic E-state index is -0.672. The molecule has 2 aromatic carbocycles. The van der Waals surface area contributed by atoms with Crippen molar-refractivity contribution in [2.24, 2.45) is 10.2 Å². The number of rotatable bonds is 7. The van der Waals surface area contributed by atoms with E-state index >= 15 is 0 Å². The summed E-state index contributed by atoms with van der Waals surface area (Å²) >= 11 is 1.10. The largest absolute Gasteiger partial charge is 0.497 e. The number of non-ortho nitro benzene ring substituents is 1. The van der Waals surface area contributed by atoms with Gasteiger partial charge in [-0.25, -0.2) is 0 Å². The molecular formula is C20H19N5O5S. The number of amides is 2. The fourth-order valence-electron chi connectivity index (χ4n) is 2.67. The number of benzene rings is 2. The summed E-state index contributed by atoms with van der Waals surface area (Å²) in [6, 6.07) is 12.9. The highest BCUT2D eigenvalue weighted by molar-refractivity contribution is 8.15. The van der Waals surface area contributed by atoms with E-state index < -0.39 is 16.1 Å². The molecule has 1 heterocycles. The molecule has 2 aromatic rings. The molecule has 0 radical (unpaired) electrons. The molecule has 3 rings (SSSR count). The molecule has 1 fully saturated rings. The van der Waals surface area contributed by atoms with Gasteiger partial charge in [0.05, 0.1) is 17.7 Å². The maximum absolute atomic E-state index is 12.3. The lowest BCUT2D eigenvalue weighted by Gasteiger charge is -2.07. The molecule has 0 saturated carbocycles. The zero-order chi connectivity index (χ0) is 22.4. The first-order valence-corrected chi connectivity index (χ1v) is 10.0. The number of hydrogen-bond donors (Lipinski definition) is 2. The molecule has 160 valence electrons. The van der Waals surface area contributed by atoms with Crippen LogP contribution in [0.5, 0.6) is 5.75 Å². The van der Waals surface area contributed by atoms with E-state index in [4.69, 9.17) is 4.74 Å². The van der Waals surface area contributed by atoms with Crippen molar-refractivity contribution in [3.63, 3.8) is 0 Å². The molecule has 0 aromatic heterocycles. The fraction of sp³-hybridized carbons (Fsp3) is 0.200. The number of amidine groups is 1. The van der Waals surface area contributed by atoms with Crippen molar-refractivity contribution in [3.05, 3.63) is 64.2 Å². The van der Waals surface area contributed by atoms with Crippen LogP contribution in [0.2, 0.25) is 0 Å². The molecule has 1 atom stereocenters. The van der Waals surface area contributed by atoms with Gasteiger partial charge in [0.1, 0.15) is 11.0 Å².